The van der Waals surface area contributed by atoms with Crippen LogP contribution in [0.25, 0.3) is 0 Å². The number of rotatable bonds is 5. The van der Waals surface area contributed by atoms with Crippen LogP contribution in [0.5, 0.6) is 0 Å². The van der Waals surface area contributed by atoms with Crippen LogP contribution < -0.4 is 10.0 Å². The van der Waals surface area contributed by atoms with E-state index in [9.17, 15) is 13.2 Å². The summed E-state index contributed by atoms with van der Waals surface area (Å²) in [6.45, 7) is 0. The highest BCUT2D eigenvalue weighted by Crippen LogP contribution is 2.25. The van der Waals surface area contributed by atoms with Crippen molar-refractivity contribution in [2.75, 3.05) is 5.32 Å². The Labute approximate surface area is 150 Å². The largest absolute Gasteiger partial charge is 0.322 e. The number of anilines is 1. The fourth-order valence-corrected chi connectivity index (χ4v) is 3.65. The number of carbonyl (C=O) groups excluding carboxylic acids is 1. The summed E-state index contributed by atoms with van der Waals surface area (Å²) in [5, 5.41) is 3.41. The second-order valence-corrected chi connectivity index (χ2v) is 8.03. The van der Waals surface area contributed by atoms with Crippen LogP contribution in [0.4, 0.5) is 5.69 Å². The summed E-state index contributed by atoms with van der Waals surface area (Å²) >= 11 is 11.7. The third-order valence-corrected chi connectivity index (χ3v) is 5.78. The lowest BCUT2D eigenvalue weighted by molar-refractivity contribution is 0.102. The number of amides is 1. The van der Waals surface area contributed by atoms with Gasteiger partial charge < -0.3 is 5.32 Å². The second kappa shape index (κ2) is 6.72. The van der Waals surface area contributed by atoms with E-state index in [2.05, 4.69) is 10.0 Å². The van der Waals surface area contributed by atoms with Gasteiger partial charge in [-0.25, -0.2) is 13.1 Å². The summed E-state index contributed by atoms with van der Waals surface area (Å²) in [5.74, 6) is -0.368. The first-order valence-corrected chi connectivity index (χ1v) is 9.48. The Hall–Kier alpha value is -1.60. The second-order valence-electron chi connectivity index (χ2n) is 5.50. The van der Waals surface area contributed by atoms with Gasteiger partial charge in [-0.1, -0.05) is 23.2 Å². The maximum Gasteiger partial charge on any atom is 0.255 e. The predicted octanol–water partition coefficient (Wildman–Crippen LogP) is 3.69. The van der Waals surface area contributed by atoms with Crippen LogP contribution >= 0.6 is 23.2 Å². The van der Waals surface area contributed by atoms with Gasteiger partial charge in [-0.05, 0) is 55.3 Å². The first kappa shape index (κ1) is 17.2. The molecule has 0 radical (unpaired) electrons. The van der Waals surface area contributed by atoms with Gasteiger partial charge >= 0.3 is 0 Å². The molecule has 1 aliphatic rings. The van der Waals surface area contributed by atoms with E-state index in [0.29, 0.717) is 21.3 Å². The van der Waals surface area contributed by atoms with E-state index in [-0.39, 0.29) is 16.8 Å². The minimum Gasteiger partial charge on any atom is -0.322 e. The van der Waals surface area contributed by atoms with E-state index in [1.54, 1.807) is 18.2 Å². The molecule has 0 atom stereocenters. The van der Waals surface area contributed by atoms with Crippen LogP contribution in [-0.4, -0.2) is 20.4 Å². The van der Waals surface area contributed by atoms with Gasteiger partial charge in [0.1, 0.15) is 0 Å². The number of halogens is 2. The van der Waals surface area contributed by atoms with E-state index in [1.807, 2.05) is 0 Å². The first-order chi connectivity index (χ1) is 11.3. The van der Waals surface area contributed by atoms with Gasteiger partial charge in [0.2, 0.25) is 10.0 Å². The monoisotopic (exact) mass is 384 g/mol. The molecule has 24 heavy (non-hydrogen) atoms. The minimum atomic E-state index is -3.52. The summed E-state index contributed by atoms with van der Waals surface area (Å²) < 4.78 is 26.8. The molecule has 2 N–H and O–H groups in total. The lowest BCUT2D eigenvalue weighted by Crippen LogP contribution is -2.25. The number of hydrogen-bond acceptors (Lipinski definition) is 3. The molecule has 5 nitrogen and oxygen atoms in total. The van der Waals surface area contributed by atoms with Gasteiger partial charge in [0.05, 0.1) is 14.9 Å². The molecule has 1 aliphatic carbocycles. The molecule has 126 valence electrons. The van der Waals surface area contributed by atoms with E-state index in [0.717, 1.165) is 12.8 Å². The van der Waals surface area contributed by atoms with Crippen molar-refractivity contribution < 1.29 is 13.2 Å². The Bertz CT molecular complexity index is 879. The normalized spacial score (nSPS) is 14.4. The Balaban J connectivity index is 1.72. The fourth-order valence-electron chi connectivity index (χ4n) is 2.05. The molecule has 0 aromatic heterocycles. The van der Waals surface area contributed by atoms with Crippen LogP contribution in [0, 0.1) is 0 Å². The van der Waals surface area contributed by atoms with E-state index in [1.165, 1.54) is 24.3 Å². The van der Waals surface area contributed by atoms with Crippen LogP contribution in [0.15, 0.2) is 47.4 Å². The fraction of sp³-hybridized carbons (Fsp3) is 0.188. The topological polar surface area (TPSA) is 75.3 Å². The zero-order valence-corrected chi connectivity index (χ0v) is 14.8. The zero-order valence-electron chi connectivity index (χ0n) is 12.4. The number of sulfonamides is 1. The van der Waals surface area contributed by atoms with Crippen molar-refractivity contribution >= 4 is 44.8 Å². The van der Waals surface area contributed by atoms with Crippen LogP contribution in [0.1, 0.15) is 23.2 Å². The predicted molar refractivity (Wildman–Crippen MR) is 94.2 cm³/mol. The van der Waals surface area contributed by atoms with Gasteiger partial charge in [0, 0.05) is 17.3 Å². The Morgan fingerprint density at radius 2 is 1.67 bits per heavy atom. The van der Waals surface area contributed by atoms with Crippen molar-refractivity contribution in [3.8, 4) is 0 Å². The molecule has 2 aromatic carbocycles. The van der Waals surface area contributed by atoms with Gasteiger partial charge in [-0.2, -0.15) is 0 Å². The summed E-state index contributed by atoms with van der Waals surface area (Å²) in [5.41, 5.74) is 0.841. The molecule has 0 saturated heterocycles. The number of hydrogen-bond donors (Lipinski definition) is 2. The van der Waals surface area contributed by atoms with Gasteiger partial charge in [-0.15, -0.1) is 0 Å². The molecule has 1 amide bonds. The van der Waals surface area contributed by atoms with Crippen molar-refractivity contribution in [3.05, 3.63) is 58.1 Å². The quantitative estimate of drug-likeness (QED) is 0.825. The van der Waals surface area contributed by atoms with Crippen molar-refractivity contribution in [1.82, 2.24) is 4.72 Å². The Morgan fingerprint density at radius 3 is 2.25 bits per heavy atom. The van der Waals surface area contributed by atoms with Gasteiger partial charge in [0.25, 0.3) is 5.91 Å². The molecule has 1 fully saturated rings. The Kier molecular flexibility index (Phi) is 4.83. The van der Waals surface area contributed by atoms with Crippen molar-refractivity contribution in [3.63, 3.8) is 0 Å². The molecule has 0 heterocycles. The molecule has 8 heteroatoms. The van der Waals surface area contributed by atoms with Gasteiger partial charge in [0.15, 0.2) is 0 Å². The van der Waals surface area contributed by atoms with Crippen molar-refractivity contribution in [2.45, 2.75) is 23.8 Å². The maximum atomic E-state index is 12.2. The molecule has 2 aromatic rings. The van der Waals surface area contributed by atoms with Crippen LogP contribution in [-0.2, 0) is 10.0 Å². The number of benzene rings is 2. The first-order valence-electron chi connectivity index (χ1n) is 7.24. The lowest BCUT2D eigenvalue weighted by Gasteiger charge is -2.08. The van der Waals surface area contributed by atoms with Crippen molar-refractivity contribution in [2.24, 2.45) is 0 Å². The maximum absolute atomic E-state index is 12.2. The third kappa shape index (κ3) is 4.08. The van der Waals surface area contributed by atoms with E-state index in [4.69, 9.17) is 23.2 Å². The summed E-state index contributed by atoms with van der Waals surface area (Å²) in [6.07, 6.45) is 1.73. The third-order valence-electron chi connectivity index (χ3n) is 3.50. The average Bonchev–Trinajstić information content (AvgIpc) is 3.34. The summed E-state index contributed by atoms with van der Waals surface area (Å²) in [6, 6.07) is 10.5. The molecular formula is C16H14Cl2N2O3S. The molecule has 0 aliphatic heterocycles. The molecule has 0 bridgehead atoms. The summed E-state index contributed by atoms with van der Waals surface area (Å²) in [4.78, 5) is 12.3. The number of carbonyl (C=O) groups is 1. The molecule has 0 unspecified atom stereocenters. The summed E-state index contributed by atoms with van der Waals surface area (Å²) in [7, 11) is -3.52. The molecular weight excluding hydrogens is 371 g/mol. The molecule has 0 spiro atoms. The van der Waals surface area contributed by atoms with Crippen LogP contribution in [0.3, 0.4) is 0 Å². The average molecular weight is 385 g/mol. The van der Waals surface area contributed by atoms with E-state index >= 15 is 0 Å². The van der Waals surface area contributed by atoms with E-state index < -0.39 is 10.0 Å². The highest BCUT2D eigenvalue weighted by Gasteiger charge is 2.27. The van der Waals surface area contributed by atoms with Crippen LogP contribution in [0.2, 0.25) is 10.0 Å². The van der Waals surface area contributed by atoms with Crippen molar-refractivity contribution in [1.29, 1.82) is 0 Å². The zero-order chi connectivity index (χ0) is 17.3. The smallest absolute Gasteiger partial charge is 0.255 e. The molecule has 3 rings (SSSR count). The highest BCUT2D eigenvalue weighted by atomic mass is 35.5. The molecule has 1 saturated carbocycles. The minimum absolute atomic E-state index is 0.0348. The highest BCUT2D eigenvalue weighted by molar-refractivity contribution is 7.89. The SMILES string of the molecule is O=C(Nc1ccc(Cl)c(Cl)c1)c1ccc(S(=O)(=O)NC2CC2)cc1. The standard InChI is InChI=1S/C16H14Cl2N2O3S/c17-14-8-5-12(9-15(14)18)19-16(21)10-1-6-13(7-2-10)24(22,23)20-11-3-4-11/h1-2,5-9,11,20H,3-4H2,(H,19,21). The lowest BCUT2D eigenvalue weighted by atomic mass is 10.2. The Morgan fingerprint density at radius 1 is 1.00 bits per heavy atom. The number of nitrogens with one attached hydrogen (secondary N) is 2. The van der Waals surface area contributed by atoms with Gasteiger partial charge in [-0.3, -0.25) is 4.79 Å².